The Bertz CT molecular complexity index is 599. The van der Waals surface area contributed by atoms with Crippen LogP contribution in [0.25, 0.3) is 0 Å². The monoisotopic (exact) mass is 330 g/mol. The van der Waals surface area contributed by atoms with Crippen molar-refractivity contribution in [1.82, 2.24) is 20.0 Å². The van der Waals surface area contributed by atoms with E-state index < -0.39 is 0 Å². The van der Waals surface area contributed by atoms with Gasteiger partial charge >= 0.3 is 0 Å². The van der Waals surface area contributed by atoms with E-state index in [1.807, 2.05) is 0 Å². The van der Waals surface area contributed by atoms with Gasteiger partial charge in [0.15, 0.2) is 0 Å². The second kappa shape index (κ2) is 6.17. The van der Waals surface area contributed by atoms with E-state index in [4.69, 9.17) is 0 Å². The van der Waals surface area contributed by atoms with Crippen molar-refractivity contribution < 1.29 is 4.79 Å². The highest BCUT2D eigenvalue weighted by atomic mass is 16.2. The van der Waals surface area contributed by atoms with Crippen LogP contribution < -0.4 is 0 Å². The minimum atomic E-state index is -0.105. The first-order valence-corrected chi connectivity index (χ1v) is 9.63. The maximum atomic E-state index is 13.3. The van der Waals surface area contributed by atoms with E-state index in [-0.39, 0.29) is 5.41 Å². The highest BCUT2D eigenvalue weighted by Gasteiger charge is 2.49. The van der Waals surface area contributed by atoms with Crippen LogP contribution in [0.15, 0.2) is 0 Å². The first-order chi connectivity index (χ1) is 11.6. The molecule has 1 aromatic heterocycles. The van der Waals surface area contributed by atoms with Gasteiger partial charge in [-0.3, -0.25) is 14.8 Å². The van der Waals surface area contributed by atoms with Crippen LogP contribution in [0, 0.1) is 19.3 Å². The molecule has 0 aromatic carbocycles. The number of H-pyrrole nitrogens is 1. The Morgan fingerprint density at radius 2 is 1.96 bits per heavy atom. The molecule has 3 heterocycles. The molecule has 5 nitrogen and oxygen atoms in total. The number of amides is 1. The van der Waals surface area contributed by atoms with Gasteiger partial charge < -0.3 is 4.90 Å². The zero-order valence-electron chi connectivity index (χ0n) is 15.1. The van der Waals surface area contributed by atoms with Gasteiger partial charge in [-0.1, -0.05) is 12.8 Å². The first kappa shape index (κ1) is 16.1. The molecule has 0 unspecified atom stereocenters. The average Bonchev–Trinajstić information content (AvgIpc) is 3.29. The number of carbonyl (C=O) groups excluding carboxylic acids is 1. The number of nitrogens with one attached hydrogen (secondary N) is 1. The predicted octanol–water partition coefficient (Wildman–Crippen LogP) is 2.78. The number of aromatic nitrogens is 2. The van der Waals surface area contributed by atoms with E-state index in [0.717, 1.165) is 50.4 Å². The maximum absolute atomic E-state index is 13.3. The van der Waals surface area contributed by atoms with Crippen LogP contribution in [0.1, 0.15) is 61.9 Å². The van der Waals surface area contributed by atoms with Gasteiger partial charge in [-0.25, -0.2) is 0 Å². The van der Waals surface area contributed by atoms with Crippen LogP contribution in [0.4, 0.5) is 0 Å². The summed E-state index contributed by atoms with van der Waals surface area (Å²) < 4.78 is 0. The summed E-state index contributed by atoms with van der Waals surface area (Å²) in [5.41, 5.74) is 3.46. The predicted molar refractivity (Wildman–Crippen MR) is 93.6 cm³/mol. The lowest BCUT2D eigenvalue weighted by atomic mass is 9.77. The van der Waals surface area contributed by atoms with Crippen molar-refractivity contribution in [1.29, 1.82) is 0 Å². The van der Waals surface area contributed by atoms with Crippen molar-refractivity contribution >= 4 is 5.91 Å². The van der Waals surface area contributed by atoms with Crippen LogP contribution in [0.2, 0.25) is 0 Å². The van der Waals surface area contributed by atoms with Crippen LogP contribution >= 0.6 is 0 Å². The number of aryl methyl sites for hydroxylation is 2. The van der Waals surface area contributed by atoms with E-state index in [0.29, 0.717) is 11.9 Å². The van der Waals surface area contributed by atoms with Crippen LogP contribution in [-0.2, 0) is 11.3 Å². The Labute approximate surface area is 144 Å². The molecule has 1 amide bonds. The Morgan fingerprint density at radius 3 is 2.67 bits per heavy atom. The fourth-order valence-electron chi connectivity index (χ4n) is 5.17. The third-order valence-corrected chi connectivity index (χ3v) is 6.63. The van der Waals surface area contributed by atoms with Gasteiger partial charge in [-0.15, -0.1) is 0 Å². The maximum Gasteiger partial charge on any atom is 0.230 e. The Balaban J connectivity index is 1.47. The van der Waals surface area contributed by atoms with Gasteiger partial charge in [0, 0.05) is 36.9 Å². The van der Waals surface area contributed by atoms with Crippen LogP contribution in [-0.4, -0.2) is 51.6 Å². The van der Waals surface area contributed by atoms with Crippen molar-refractivity contribution in [3.05, 3.63) is 17.0 Å². The summed E-state index contributed by atoms with van der Waals surface area (Å²) in [6.07, 6.45) is 8.33. The summed E-state index contributed by atoms with van der Waals surface area (Å²) in [7, 11) is 0. The fourth-order valence-corrected chi connectivity index (χ4v) is 5.17. The van der Waals surface area contributed by atoms with Gasteiger partial charge in [-0.05, 0) is 52.5 Å². The van der Waals surface area contributed by atoms with Gasteiger partial charge in [0.2, 0.25) is 5.91 Å². The highest BCUT2D eigenvalue weighted by Crippen LogP contribution is 2.42. The second-order valence-corrected chi connectivity index (χ2v) is 8.19. The molecule has 5 heteroatoms. The molecular formula is C19H30N4O. The number of nitrogens with zero attached hydrogens (tertiary/aromatic N) is 3. The van der Waals surface area contributed by atoms with Gasteiger partial charge in [0.25, 0.3) is 0 Å². The number of piperidine rings is 1. The number of rotatable bonds is 3. The molecule has 1 aromatic rings. The smallest absolute Gasteiger partial charge is 0.230 e. The third-order valence-electron chi connectivity index (χ3n) is 6.63. The summed E-state index contributed by atoms with van der Waals surface area (Å²) in [5.74, 6) is 0.462. The number of hydrogen-bond acceptors (Lipinski definition) is 3. The first-order valence-electron chi connectivity index (χ1n) is 9.63. The van der Waals surface area contributed by atoms with E-state index in [9.17, 15) is 4.79 Å². The Kier molecular flexibility index (Phi) is 4.15. The molecule has 24 heavy (non-hydrogen) atoms. The number of carbonyl (C=O) groups is 1. The molecule has 1 spiro atoms. The van der Waals surface area contributed by atoms with Crippen molar-refractivity contribution in [3.8, 4) is 0 Å². The molecule has 1 saturated carbocycles. The number of likely N-dealkylation sites (tertiary alicyclic amines) is 2. The van der Waals surface area contributed by atoms with E-state index >= 15 is 0 Å². The molecule has 3 fully saturated rings. The van der Waals surface area contributed by atoms with Crippen molar-refractivity contribution in [2.24, 2.45) is 5.41 Å². The van der Waals surface area contributed by atoms with Gasteiger partial charge in [0.1, 0.15) is 0 Å². The second-order valence-electron chi connectivity index (χ2n) is 8.19. The van der Waals surface area contributed by atoms with Crippen molar-refractivity contribution in [2.45, 2.75) is 71.4 Å². The van der Waals surface area contributed by atoms with Gasteiger partial charge in [-0.2, -0.15) is 5.10 Å². The SMILES string of the molecule is Cc1n[nH]c(C)c1CN1CC[C@@]2(CCCN(C3CCCC3)C2=O)C1. The van der Waals surface area contributed by atoms with Crippen molar-refractivity contribution in [2.75, 3.05) is 19.6 Å². The zero-order chi connectivity index (χ0) is 16.7. The minimum absolute atomic E-state index is 0.105. The third kappa shape index (κ3) is 2.67. The molecule has 1 N–H and O–H groups in total. The fraction of sp³-hybridized carbons (Fsp3) is 0.789. The highest BCUT2D eigenvalue weighted by molar-refractivity contribution is 5.84. The quantitative estimate of drug-likeness (QED) is 0.927. The normalized spacial score (nSPS) is 29.2. The van der Waals surface area contributed by atoms with Crippen molar-refractivity contribution in [3.63, 3.8) is 0 Å². The Hall–Kier alpha value is -1.36. The topological polar surface area (TPSA) is 52.2 Å². The van der Waals surface area contributed by atoms with E-state index in [1.54, 1.807) is 0 Å². The molecule has 2 saturated heterocycles. The summed E-state index contributed by atoms with van der Waals surface area (Å²) >= 11 is 0. The zero-order valence-corrected chi connectivity index (χ0v) is 15.1. The minimum Gasteiger partial charge on any atom is -0.339 e. The standard InChI is InChI=1S/C19H30N4O/c1-14-17(15(2)21-20-14)12-22-11-9-19(13-22)8-5-10-23(18(19)24)16-6-3-4-7-16/h16H,3-13H2,1-2H3,(H,20,21)/t19-/m0/s1. The van der Waals surface area contributed by atoms with E-state index in [2.05, 4.69) is 33.8 Å². The van der Waals surface area contributed by atoms with Crippen LogP contribution in [0.5, 0.6) is 0 Å². The lowest BCUT2D eigenvalue weighted by molar-refractivity contribution is -0.148. The summed E-state index contributed by atoms with van der Waals surface area (Å²) in [6, 6.07) is 0.530. The number of hydrogen-bond donors (Lipinski definition) is 1. The summed E-state index contributed by atoms with van der Waals surface area (Å²) in [5, 5.41) is 7.40. The number of aromatic amines is 1. The molecule has 132 valence electrons. The Morgan fingerprint density at radius 1 is 1.17 bits per heavy atom. The lowest BCUT2D eigenvalue weighted by Crippen LogP contribution is -2.53. The largest absolute Gasteiger partial charge is 0.339 e. The molecule has 1 atom stereocenters. The lowest BCUT2D eigenvalue weighted by Gasteiger charge is -2.42. The summed E-state index contributed by atoms with van der Waals surface area (Å²) in [4.78, 5) is 18.0. The van der Waals surface area contributed by atoms with Gasteiger partial charge in [0.05, 0.1) is 11.1 Å². The average molecular weight is 330 g/mol. The molecule has 0 radical (unpaired) electrons. The molecule has 1 aliphatic carbocycles. The molecule has 4 rings (SSSR count). The van der Waals surface area contributed by atoms with E-state index in [1.165, 1.54) is 37.7 Å². The molecule has 0 bridgehead atoms. The molecule has 3 aliphatic rings. The summed E-state index contributed by atoms with van der Waals surface area (Å²) in [6.45, 7) is 8.04. The van der Waals surface area contributed by atoms with Crippen LogP contribution in [0.3, 0.4) is 0 Å². The molecular weight excluding hydrogens is 300 g/mol. The molecule has 2 aliphatic heterocycles.